The molecule has 2 rings (SSSR count). The fourth-order valence-electron chi connectivity index (χ4n) is 2.53. The van der Waals surface area contributed by atoms with Crippen molar-refractivity contribution >= 4 is 5.91 Å². The predicted molar refractivity (Wildman–Crippen MR) is 77.5 cm³/mol. The van der Waals surface area contributed by atoms with E-state index in [9.17, 15) is 4.79 Å². The maximum atomic E-state index is 11.9. The fourth-order valence-corrected chi connectivity index (χ4v) is 2.53. The molecule has 5 nitrogen and oxygen atoms in total. The normalized spacial score (nSPS) is 18.6. The van der Waals surface area contributed by atoms with Crippen molar-refractivity contribution in [3.63, 3.8) is 0 Å². The van der Waals surface area contributed by atoms with E-state index in [0.717, 1.165) is 25.1 Å². The third kappa shape index (κ3) is 4.49. The summed E-state index contributed by atoms with van der Waals surface area (Å²) in [6, 6.07) is 3.76. The summed E-state index contributed by atoms with van der Waals surface area (Å²) in [4.78, 5) is 16.0. The van der Waals surface area contributed by atoms with E-state index in [1.807, 2.05) is 12.1 Å². The maximum Gasteiger partial charge on any atom is 0.220 e. The number of nitrogens with zero attached hydrogens (tertiary/aromatic N) is 1. The number of aromatic nitrogens is 1. The van der Waals surface area contributed by atoms with Crippen LogP contribution in [0.15, 0.2) is 18.3 Å². The highest BCUT2D eigenvalue weighted by molar-refractivity contribution is 5.75. The number of piperidine rings is 1. The molecule has 1 aromatic heterocycles. The van der Waals surface area contributed by atoms with Crippen LogP contribution in [0.2, 0.25) is 0 Å². The Bertz CT molecular complexity index is 431. The Kier molecular flexibility index (Phi) is 5.80. The van der Waals surface area contributed by atoms with Crippen LogP contribution in [0, 0.1) is 5.92 Å². The zero-order valence-electron chi connectivity index (χ0n) is 12.0. The van der Waals surface area contributed by atoms with Gasteiger partial charge in [-0.3, -0.25) is 4.79 Å². The van der Waals surface area contributed by atoms with Crippen LogP contribution < -0.4 is 15.4 Å². The first-order valence-corrected chi connectivity index (χ1v) is 7.25. The zero-order valence-corrected chi connectivity index (χ0v) is 12.0. The number of pyridine rings is 1. The molecule has 0 bridgehead atoms. The quantitative estimate of drug-likeness (QED) is 0.827. The molecule has 0 radical (unpaired) electrons. The molecule has 2 N–H and O–H groups in total. The second kappa shape index (κ2) is 7.85. The van der Waals surface area contributed by atoms with E-state index < -0.39 is 0 Å². The molecule has 1 amide bonds. The Labute approximate surface area is 120 Å². The molecule has 1 atom stereocenters. The Morgan fingerprint density at radius 2 is 2.50 bits per heavy atom. The van der Waals surface area contributed by atoms with Gasteiger partial charge in [-0.2, -0.15) is 0 Å². The summed E-state index contributed by atoms with van der Waals surface area (Å²) in [5.41, 5.74) is 0.905. The summed E-state index contributed by atoms with van der Waals surface area (Å²) in [5.74, 6) is 1.31. The van der Waals surface area contributed by atoms with Gasteiger partial charge in [0.05, 0.1) is 7.11 Å². The molecule has 5 heteroatoms. The number of nitrogens with one attached hydrogen (secondary N) is 2. The molecule has 1 aliphatic heterocycles. The molecule has 1 unspecified atom stereocenters. The van der Waals surface area contributed by atoms with E-state index in [-0.39, 0.29) is 5.91 Å². The number of carbonyl (C=O) groups is 1. The molecule has 1 saturated heterocycles. The van der Waals surface area contributed by atoms with Gasteiger partial charge in [0.2, 0.25) is 11.8 Å². The minimum Gasteiger partial charge on any atom is -0.481 e. The SMILES string of the molecule is COc1ncccc1CNC(=O)CCC1CCCNC1. The van der Waals surface area contributed by atoms with Gasteiger partial charge in [-0.25, -0.2) is 4.98 Å². The number of carbonyl (C=O) groups excluding carboxylic acids is 1. The first-order chi connectivity index (χ1) is 9.79. The van der Waals surface area contributed by atoms with Gasteiger partial charge >= 0.3 is 0 Å². The van der Waals surface area contributed by atoms with Gasteiger partial charge in [0.15, 0.2) is 0 Å². The molecule has 0 aromatic carbocycles. The molecule has 1 aromatic rings. The fraction of sp³-hybridized carbons (Fsp3) is 0.600. The number of hydrogen-bond donors (Lipinski definition) is 2. The zero-order chi connectivity index (χ0) is 14.2. The highest BCUT2D eigenvalue weighted by Gasteiger charge is 2.14. The van der Waals surface area contributed by atoms with Crippen LogP contribution in [0.1, 0.15) is 31.2 Å². The summed E-state index contributed by atoms with van der Waals surface area (Å²) in [6.07, 6.45) is 5.69. The van der Waals surface area contributed by atoms with Crippen molar-refractivity contribution in [2.45, 2.75) is 32.2 Å². The Morgan fingerprint density at radius 3 is 3.25 bits per heavy atom. The van der Waals surface area contributed by atoms with Crippen molar-refractivity contribution < 1.29 is 9.53 Å². The van der Waals surface area contributed by atoms with Gasteiger partial charge < -0.3 is 15.4 Å². The van der Waals surface area contributed by atoms with Crippen molar-refractivity contribution in [3.8, 4) is 5.88 Å². The van der Waals surface area contributed by atoms with Crippen molar-refractivity contribution in [3.05, 3.63) is 23.9 Å². The molecule has 20 heavy (non-hydrogen) atoms. The summed E-state index contributed by atoms with van der Waals surface area (Å²) in [6.45, 7) is 2.63. The Morgan fingerprint density at radius 1 is 1.60 bits per heavy atom. The average Bonchev–Trinajstić information content (AvgIpc) is 2.52. The molecule has 1 aliphatic rings. The predicted octanol–water partition coefficient (Wildman–Crippen LogP) is 1.49. The number of ether oxygens (including phenoxy) is 1. The van der Waals surface area contributed by atoms with E-state index >= 15 is 0 Å². The van der Waals surface area contributed by atoms with Gasteiger partial charge in [-0.05, 0) is 44.3 Å². The Hall–Kier alpha value is -1.62. The summed E-state index contributed by atoms with van der Waals surface area (Å²) < 4.78 is 5.16. The molecular weight excluding hydrogens is 254 g/mol. The Balaban J connectivity index is 1.71. The second-order valence-corrected chi connectivity index (χ2v) is 5.20. The van der Waals surface area contributed by atoms with Crippen LogP contribution in [0.4, 0.5) is 0 Å². The van der Waals surface area contributed by atoms with Crippen LogP contribution >= 0.6 is 0 Å². The van der Waals surface area contributed by atoms with E-state index in [0.29, 0.717) is 24.8 Å². The van der Waals surface area contributed by atoms with Crippen LogP contribution in [-0.2, 0) is 11.3 Å². The maximum absolute atomic E-state index is 11.9. The van der Waals surface area contributed by atoms with Gasteiger partial charge in [-0.15, -0.1) is 0 Å². The number of hydrogen-bond acceptors (Lipinski definition) is 4. The van der Waals surface area contributed by atoms with Crippen molar-refractivity contribution in [2.75, 3.05) is 20.2 Å². The topological polar surface area (TPSA) is 63.2 Å². The van der Waals surface area contributed by atoms with Gasteiger partial charge in [0.1, 0.15) is 0 Å². The van der Waals surface area contributed by atoms with Crippen LogP contribution in [0.25, 0.3) is 0 Å². The van der Waals surface area contributed by atoms with Crippen molar-refractivity contribution in [1.29, 1.82) is 0 Å². The molecular formula is C15H23N3O2. The highest BCUT2D eigenvalue weighted by Crippen LogP contribution is 2.16. The first kappa shape index (κ1) is 14.8. The lowest BCUT2D eigenvalue weighted by Crippen LogP contribution is -2.31. The first-order valence-electron chi connectivity index (χ1n) is 7.25. The third-order valence-electron chi connectivity index (χ3n) is 3.70. The third-order valence-corrected chi connectivity index (χ3v) is 3.70. The van der Waals surface area contributed by atoms with Crippen LogP contribution in [0.3, 0.4) is 0 Å². The average molecular weight is 277 g/mol. The standard InChI is InChI=1S/C15H23N3O2/c1-20-15-13(5-3-9-17-15)11-18-14(19)7-6-12-4-2-8-16-10-12/h3,5,9,12,16H,2,4,6-8,10-11H2,1H3,(H,18,19). The van der Waals surface area contributed by atoms with Gasteiger partial charge in [0.25, 0.3) is 0 Å². The monoisotopic (exact) mass is 277 g/mol. The van der Waals surface area contributed by atoms with E-state index in [1.54, 1.807) is 13.3 Å². The number of methoxy groups -OCH3 is 1. The second-order valence-electron chi connectivity index (χ2n) is 5.20. The smallest absolute Gasteiger partial charge is 0.220 e. The molecule has 110 valence electrons. The molecule has 2 heterocycles. The number of amides is 1. The summed E-state index contributed by atoms with van der Waals surface area (Å²) in [7, 11) is 1.59. The van der Waals surface area contributed by atoms with Crippen LogP contribution in [-0.4, -0.2) is 31.1 Å². The minimum atomic E-state index is 0.0986. The van der Waals surface area contributed by atoms with Gasteiger partial charge in [0, 0.05) is 24.7 Å². The van der Waals surface area contributed by atoms with Crippen LogP contribution in [0.5, 0.6) is 5.88 Å². The lowest BCUT2D eigenvalue weighted by Gasteiger charge is -2.22. The lowest BCUT2D eigenvalue weighted by molar-refractivity contribution is -0.121. The number of rotatable bonds is 6. The summed E-state index contributed by atoms with van der Waals surface area (Å²) >= 11 is 0. The molecule has 0 saturated carbocycles. The van der Waals surface area contributed by atoms with Gasteiger partial charge in [-0.1, -0.05) is 6.07 Å². The lowest BCUT2D eigenvalue weighted by atomic mass is 9.94. The molecule has 0 spiro atoms. The molecule has 1 fully saturated rings. The van der Waals surface area contributed by atoms with E-state index in [1.165, 1.54) is 12.8 Å². The largest absolute Gasteiger partial charge is 0.481 e. The van der Waals surface area contributed by atoms with Crippen molar-refractivity contribution in [2.24, 2.45) is 5.92 Å². The molecule has 0 aliphatic carbocycles. The summed E-state index contributed by atoms with van der Waals surface area (Å²) in [5, 5.41) is 6.31. The minimum absolute atomic E-state index is 0.0986. The van der Waals surface area contributed by atoms with Crippen molar-refractivity contribution in [1.82, 2.24) is 15.6 Å². The highest BCUT2D eigenvalue weighted by atomic mass is 16.5. The van der Waals surface area contributed by atoms with E-state index in [4.69, 9.17) is 4.74 Å². The van der Waals surface area contributed by atoms with E-state index in [2.05, 4.69) is 15.6 Å².